The van der Waals surface area contributed by atoms with Crippen LogP contribution < -0.4 is 18.9 Å². The molecular formula is C31H30O10. The molecule has 10 nitrogen and oxygen atoms in total. The fourth-order valence-corrected chi connectivity index (χ4v) is 3.61. The van der Waals surface area contributed by atoms with Gasteiger partial charge in [0.05, 0.1) is 30.9 Å². The van der Waals surface area contributed by atoms with Gasteiger partial charge in [-0.15, -0.1) is 0 Å². The quantitative estimate of drug-likeness (QED) is 0.119. The molecule has 2 saturated heterocycles. The second-order valence-corrected chi connectivity index (χ2v) is 9.51. The molecule has 0 radical (unpaired) electrons. The molecule has 0 aliphatic carbocycles. The molecule has 0 aromatic heterocycles. The number of hydrogen-bond donors (Lipinski definition) is 0. The van der Waals surface area contributed by atoms with E-state index in [1.54, 1.807) is 48.5 Å². The third-order valence-corrected chi connectivity index (χ3v) is 6.17. The molecule has 2 aliphatic rings. The van der Waals surface area contributed by atoms with Crippen LogP contribution in [0, 0.1) is 0 Å². The fourth-order valence-electron chi connectivity index (χ4n) is 3.61. The molecule has 0 spiro atoms. The van der Waals surface area contributed by atoms with Crippen LogP contribution in [0.1, 0.15) is 50.8 Å². The first-order chi connectivity index (χ1) is 20.0. The van der Waals surface area contributed by atoms with Gasteiger partial charge in [-0.1, -0.05) is 13.3 Å². The van der Waals surface area contributed by atoms with Gasteiger partial charge in [0.25, 0.3) is 0 Å². The van der Waals surface area contributed by atoms with Crippen LogP contribution in [-0.4, -0.2) is 63.2 Å². The molecule has 2 atom stereocenters. The van der Waals surface area contributed by atoms with Crippen LogP contribution in [0.4, 0.5) is 0 Å². The van der Waals surface area contributed by atoms with Gasteiger partial charge >= 0.3 is 17.9 Å². The van der Waals surface area contributed by atoms with Gasteiger partial charge in [0.15, 0.2) is 0 Å². The van der Waals surface area contributed by atoms with Crippen LogP contribution in [0.5, 0.6) is 23.0 Å². The molecule has 3 aromatic carbocycles. The lowest BCUT2D eigenvalue weighted by molar-refractivity contribution is 0.0492. The molecule has 2 heterocycles. The summed E-state index contributed by atoms with van der Waals surface area (Å²) in [7, 11) is 0. The van der Waals surface area contributed by atoms with Gasteiger partial charge in [0.1, 0.15) is 54.0 Å². The molecule has 2 aliphatic heterocycles. The van der Waals surface area contributed by atoms with Crippen molar-refractivity contribution in [2.45, 2.75) is 32.0 Å². The Morgan fingerprint density at radius 1 is 0.707 bits per heavy atom. The van der Waals surface area contributed by atoms with E-state index in [0.717, 1.165) is 6.42 Å². The van der Waals surface area contributed by atoms with Gasteiger partial charge in [-0.3, -0.25) is 0 Å². The van der Waals surface area contributed by atoms with Crippen LogP contribution in [0.25, 0.3) is 0 Å². The Bertz CT molecular complexity index is 1360. The average molecular weight is 563 g/mol. The highest BCUT2D eigenvalue weighted by atomic mass is 16.6. The summed E-state index contributed by atoms with van der Waals surface area (Å²) >= 11 is 0. The maximum atomic E-state index is 12.9. The average Bonchev–Trinajstić information content (AvgIpc) is 3.92. The number of epoxide rings is 2. The SMILES string of the molecule is CCCCOC(=O)c1cc(OC(=O)c2ccc(OCC3CO3)cc2)ccc1OC(=O)c1ccc(OCC2CO2)cc1. The highest BCUT2D eigenvalue weighted by Gasteiger charge is 2.24. The number of esters is 3. The summed E-state index contributed by atoms with van der Waals surface area (Å²) in [5, 5.41) is 0. The summed E-state index contributed by atoms with van der Waals surface area (Å²) in [5.74, 6) is -0.744. The summed E-state index contributed by atoms with van der Waals surface area (Å²) in [6, 6.07) is 17.1. The highest BCUT2D eigenvalue weighted by Crippen LogP contribution is 2.28. The monoisotopic (exact) mass is 562 g/mol. The van der Waals surface area contributed by atoms with Crippen molar-refractivity contribution in [2.75, 3.05) is 33.0 Å². The minimum absolute atomic E-state index is 0.0244. The van der Waals surface area contributed by atoms with Crippen molar-refractivity contribution in [1.29, 1.82) is 0 Å². The lowest BCUT2D eigenvalue weighted by Crippen LogP contribution is -2.15. The number of carbonyl (C=O) groups excluding carboxylic acids is 3. The van der Waals surface area contributed by atoms with E-state index >= 15 is 0 Å². The topological polar surface area (TPSA) is 122 Å². The number of benzene rings is 3. The van der Waals surface area contributed by atoms with Gasteiger partial charge in [-0.2, -0.15) is 0 Å². The van der Waals surface area contributed by atoms with Crippen molar-refractivity contribution in [3.8, 4) is 23.0 Å². The van der Waals surface area contributed by atoms with Crippen molar-refractivity contribution in [2.24, 2.45) is 0 Å². The number of unbranched alkanes of at least 4 members (excludes halogenated alkanes) is 1. The maximum Gasteiger partial charge on any atom is 0.343 e. The number of hydrogen-bond acceptors (Lipinski definition) is 10. The lowest BCUT2D eigenvalue weighted by Gasteiger charge is -2.13. The second-order valence-electron chi connectivity index (χ2n) is 9.51. The first kappa shape index (κ1) is 28.1. The predicted molar refractivity (Wildman–Crippen MR) is 145 cm³/mol. The molecule has 0 bridgehead atoms. The predicted octanol–water partition coefficient (Wildman–Crippen LogP) is 4.64. The smallest absolute Gasteiger partial charge is 0.343 e. The molecule has 2 fully saturated rings. The minimum Gasteiger partial charge on any atom is -0.491 e. The van der Waals surface area contributed by atoms with Crippen molar-refractivity contribution in [3.05, 3.63) is 83.4 Å². The molecular weight excluding hydrogens is 532 g/mol. The van der Waals surface area contributed by atoms with Crippen LogP contribution >= 0.6 is 0 Å². The van der Waals surface area contributed by atoms with Crippen molar-refractivity contribution >= 4 is 17.9 Å². The summed E-state index contributed by atoms with van der Waals surface area (Å²) in [5.41, 5.74) is 0.507. The summed E-state index contributed by atoms with van der Waals surface area (Å²) in [4.78, 5) is 38.5. The minimum atomic E-state index is -0.702. The van der Waals surface area contributed by atoms with Crippen LogP contribution in [-0.2, 0) is 14.2 Å². The van der Waals surface area contributed by atoms with Crippen LogP contribution in [0.3, 0.4) is 0 Å². The zero-order chi connectivity index (χ0) is 28.6. The molecule has 2 unspecified atom stereocenters. The van der Waals surface area contributed by atoms with E-state index in [1.807, 2.05) is 6.92 Å². The van der Waals surface area contributed by atoms with Crippen molar-refractivity contribution < 1.29 is 47.5 Å². The van der Waals surface area contributed by atoms with Gasteiger partial charge in [-0.25, -0.2) is 14.4 Å². The van der Waals surface area contributed by atoms with Gasteiger partial charge in [-0.05, 0) is 73.2 Å². The summed E-state index contributed by atoms with van der Waals surface area (Å²) < 4.78 is 37.8. The first-order valence-corrected chi connectivity index (χ1v) is 13.4. The Hall–Kier alpha value is -4.41. The Kier molecular flexibility index (Phi) is 9.12. The standard InChI is InChI=1S/C31H30O10/c1-2-3-14-35-31(34)27-15-24(40-29(32)20-4-8-22(9-5-20)36-16-25-18-38-25)12-13-28(27)41-30(33)21-6-10-23(11-7-21)37-17-26-19-39-26/h4-13,15,25-26H,2-3,14,16-19H2,1H3. The Morgan fingerprint density at radius 3 is 1.73 bits per heavy atom. The van der Waals surface area contributed by atoms with E-state index in [4.69, 9.17) is 33.2 Å². The maximum absolute atomic E-state index is 12.9. The highest BCUT2D eigenvalue weighted by molar-refractivity contribution is 5.97. The van der Waals surface area contributed by atoms with Crippen LogP contribution in [0.15, 0.2) is 66.7 Å². The zero-order valence-electron chi connectivity index (χ0n) is 22.5. The fraction of sp³-hybridized carbons (Fsp3) is 0.323. The Morgan fingerprint density at radius 2 is 1.22 bits per heavy atom. The Labute approximate surface area is 237 Å². The molecule has 214 valence electrons. The third kappa shape index (κ3) is 8.29. The number of rotatable bonds is 14. The Balaban J connectivity index is 1.26. The summed E-state index contributed by atoms with van der Waals surface area (Å²) in [6.45, 7) is 4.44. The molecule has 41 heavy (non-hydrogen) atoms. The van der Waals surface area contributed by atoms with Gasteiger partial charge in [0, 0.05) is 0 Å². The third-order valence-electron chi connectivity index (χ3n) is 6.17. The number of ether oxygens (including phenoxy) is 7. The lowest BCUT2D eigenvalue weighted by atomic mass is 10.1. The van der Waals surface area contributed by atoms with Gasteiger partial charge in [0.2, 0.25) is 0 Å². The molecule has 10 heteroatoms. The van der Waals surface area contributed by atoms with Crippen molar-refractivity contribution in [1.82, 2.24) is 0 Å². The normalized spacial score (nSPS) is 16.8. The molecule has 0 N–H and O–H groups in total. The summed E-state index contributed by atoms with van der Waals surface area (Å²) in [6.07, 6.45) is 1.74. The van der Waals surface area contributed by atoms with E-state index in [9.17, 15) is 14.4 Å². The van der Waals surface area contributed by atoms with Gasteiger partial charge < -0.3 is 33.2 Å². The zero-order valence-corrected chi connectivity index (χ0v) is 22.5. The van der Waals surface area contributed by atoms with Crippen molar-refractivity contribution in [3.63, 3.8) is 0 Å². The molecule has 3 aromatic rings. The second kappa shape index (κ2) is 13.3. The molecule has 5 rings (SSSR count). The molecule has 0 saturated carbocycles. The largest absolute Gasteiger partial charge is 0.491 e. The first-order valence-electron chi connectivity index (χ1n) is 13.4. The van der Waals surface area contributed by atoms with E-state index < -0.39 is 17.9 Å². The van der Waals surface area contributed by atoms with E-state index in [-0.39, 0.29) is 41.4 Å². The van der Waals surface area contributed by atoms with E-state index in [0.29, 0.717) is 49.9 Å². The van der Waals surface area contributed by atoms with E-state index in [1.165, 1.54) is 18.2 Å². The number of carbonyl (C=O) groups is 3. The van der Waals surface area contributed by atoms with Crippen LogP contribution in [0.2, 0.25) is 0 Å². The molecule has 0 amide bonds. The van der Waals surface area contributed by atoms with E-state index in [2.05, 4.69) is 0 Å².